The largest absolute Gasteiger partial charge is 0.491 e. The van der Waals surface area contributed by atoms with Crippen LogP contribution in [0.1, 0.15) is 51.5 Å². The zero-order chi connectivity index (χ0) is 27.0. The summed E-state index contributed by atoms with van der Waals surface area (Å²) in [6.07, 6.45) is 3.62. The third-order valence-corrected chi connectivity index (χ3v) is 7.88. The molecule has 38 heavy (non-hydrogen) atoms. The molecule has 0 spiro atoms. The Balaban J connectivity index is 1.37. The molecule has 2 aromatic heterocycles. The topological polar surface area (TPSA) is 107 Å². The average molecular weight is 525 g/mol. The van der Waals surface area contributed by atoms with Gasteiger partial charge in [-0.2, -0.15) is 4.98 Å². The van der Waals surface area contributed by atoms with E-state index in [2.05, 4.69) is 40.2 Å². The average Bonchev–Trinajstić information content (AvgIpc) is 3.21. The van der Waals surface area contributed by atoms with Gasteiger partial charge in [0.15, 0.2) is 0 Å². The monoisotopic (exact) mass is 524 g/mol. The Labute approximate surface area is 222 Å². The first-order chi connectivity index (χ1) is 18.1. The van der Waals surface area contributed by atoms with E-state index in [1.54, 1.807) is 17.2 Å². The van der Waals surface area contributed by atoms with Crippen LogP contribution < -0.4 is 15.0 Å². The van der Waals surface area contributed by atoms with Crippen LogP contribution in [-0.4, -0.2) is 80.9 Å². The molecule has 2 saturated heterocycles. The predicted molar refractivity (Wildman–Crippen MR) is 146 cm³/mol. The normalized spacial score (nSPS) is 26.3. The van der Waals surface area contributed by atoms with Gasteiger partial charge >= 0.3 is 0 Å². The number of ether oxygens (including phenoxy) is 1. The molecule has 3 aromatic rings. The minimum atomic E-state index is -1.37. The van der Waals surface area contributed by atoms with Crippen molar-refractivity contribution in [1.82, 2.24) is 19.9 Å². The van der Waals surface area contributed by atoms with Crippen LogP contribution in [0.15, 0.2) is 36.7 Å². The van der Waals surface area contributed by atoms with Gasteiger partial charge in [0.2, 0.25) is 5.95 Å². The molecule has 1 aromatic carbocycles. The zero-order valence-corrected chi connectivity index (χ0v) is 22.4. The molecule has 0 aliphatic carbocycles. The molecular formula is C28H37FN6O3. The molecule has 2 aliphatic rings. The highest BCUT2D eigenvalue weighted by molar-refractivity contribution is 5.92. The lowest BCUT2D eigenvalue weighted by Crippen LogP contribution is -2.52. The van der Waals surface area contributed by atoms with Crippen LogP contribution in [0.2, 0.25) is 0 Å². The van der Waals surface area contributed by atoms with Gasteiger partial charge in [0.05, 0.1) is 12.1 Å². The van der Waals surface area contributed by atoms with E-state index in [1.165, 1.54) is 12.5 Å². The Morgan fingerprint density at radius 1 is 1.18 bits per heavy atom. The second-order valence-corrected chi connectivity index (χ2v) is 11.0. The van der Waals surface area contributed by atoms with E-state index in [0.29, 0.717) is 43.1 Å². The molecule has 0 saturated carbocycles. The molecule has 0 amide bonds. The Bertz CT molecular complexity index is 1290. The SMILES string of the molecule is CC(C)c1ccc(OC[C@H]2CCC(O)N2C)c2cnc(Nc3ccnc(N4CC[C@](C)(O)[C@H](F)C4)n3)cc12. The molecule has 4 atom stereocenters. The molecule has 2 fully saturated rings. The van der Waals surface area contributed by atoms with E-state index in [1.807, 2.05) is 30.3 Å². The lowest BCUT2D eigenvalue weighted by atomic mass is 9.92. The number of halogens is 1. The number of likely N-dealkylation sites (tertiary alicyclic amines) is 1. The van der Waals surface area contributed by atoms with Crippen LogP contribution >= 0.6 is 0 Å². The number of aliphatic hydroxyl groups is 2. The number of alkyl halides is 1. The van der Waals surface area contributed by atoms with E-state index >= 15 is 0 Å². The number of anilines is 3. The van der Waals surface area contributed by atoms with Crippen LogP contribution in [0.4, 0.5) is 22.0 Å². The van der Waals surface area contributed by atoms with E-state index in [0.717, 1.165) is 29.4 Å². The fourth-order valence-corrected chi connectivity index (χ4v) is 5.19. The summed E-state index contributed by atoms with van der Waals surface area (Å²) in [4.78, 5) is 17.2. The maximum atomic E-state index is 14.4. The number of aromatic nitrogens is 3. The van der Waals surface area contributed by atoms with Crippen LogP contribution in [0.25, 0.3) is 10.8 Å². The third kappa shape index (κ3) is 5.39. The zero-order valence-electron chi connectivity index (χ0n) is 22.4. The summed E-state index contributed by atoms with van der Waals surface area (Å²) in [6.45, 7) is 6.85. The molecule has 3 N–H and O–H groups in total. The molecule has 204 valence electrons. The summed E-state index contributed by atoms with van der Waals surface area (Å²) in [7, 11) is 1.93. The standard InChI is InChI=1S/C28H37FN6O3/c1-17(2)19-6-7-22(38-16-18-5-8-26(36)34(18)4)21-14-31-25(13-20(19)21)32-24-9-11-30-27(33-24)35-12-10-28(3,37)23(29)15-35/h6-7,9,11,13-14,17-18,23,26,36-37H,5,8,10,12,15-16H2,1-4H3,(H,30,31,32,33)/t18-,23-,26?,28+/m1/s1. The fourth-order valence-electron chi connectivity index (χ4n) is 5.19. The minimum absolute atomic E-state index is 0.0425. The van der Waals surface area contributed by atoms with Crippen molar-refractivity contribution in [3.8, 4) is 5.75 Å². The van der Waals surface area contributed by atoms with Gasteiger partial charge in [-0.15, -0.1) is 0 Å². The number of benzene rings is 1. The first-order valence-corrected chi connectivity index (χ1v) is 13.3. The summed E-state index contributed by atoms with van der Waals surface area (Å²) in [6, 6.07) is 8.02. The Morgan fingerprint density at radius 3 is 2.71 bits per heavy atom. The Kier molecular flexibility index (Phi) is 7.39. The molecule has 10 heteroatoms. The lowest BCUT2D eigenvalue weighted by molar-refractivity contribution is -0.0332. The third-order valence-electron chi connectivity index (χ3n) is 7.88. The van der Waals surface area contributed by atoms with Crippen LogP contribution in [0.3, 0.4) is 0 Å². The predicted octanol–water partition coefficient (Wildman–Crippen LogP) is 3.98. The van der Waals surface area contributed by atoms with Gasteiger partial charge < -0.3 is 25.2 Å². The van der Waals surface area contributed by atoms with Crippen molar-refractivity contribution in [1.29, 1.82) is 0 Å². The van der Waals surface area contributed by atoms with Gasteiger partial charge in [-0.1, -0.05) is 19.9 Å². The number of pyridine rings is 1. The highest BCUT2D eigenvalue weighted by Gasteiger charge is 2.38. The van der Waals surface area contributed by atoms with Gasteiger partial charge in [0.1, 0.15) is 36.4 Å². The first kappa shape index (κ1) is 26.5. The highest BCUT2D eigenvalue weighted by Crippen LogP contribution is 2.35. The lowest BCUT2D eigenvalue weighted by Gasteiger charge is -2.38. The summed E-state index contributed by atoms with van der Waals surface area (Å²) >= 11 is 0. The van der Waals surface area contributed by atoms with Gasteiger partial charge in [0.25, 0.3) is 0 Å². The van der Waals surface area contributed by atoms with Crippen molar-refractivity contribution in [3.05, 3.63) is 42.2 Å². The molecule has 9 nitrogen and oxygen atoms in total. The van der Waals surface area contributed by atoms with Crippen molar-refractivity contribution >= 4 is 28.4 Å². The highest BCUT2D eigenvalue weighted by atomic mass is 19.1. The van der Waals surface area contributed by atoms with Crippen molar-refractivity contribution in [3.63, 3.8) is 0 Å². The molecule has 1 unspecified atom stereocenters. The van der Waals surface area contributed by atoms with Gasteiger partial charge in [-0.05, 0) is 68.3 Å². The number of likely N-dealkylation sites (N-methyl/N-ethyl adjacent to an activating group) is 1. The van der Waals surface area contributed by atoms with E-state index in [-0.39, 0.29) is 12.6 Å². The van der Waals surface area contributed by atoms with E-state index in [4.69, 9.17) is 4.74 Å². The fraction of sp³-hybridized carbons (Fsp3) is 0.536. The summed E-state index contributed by atoms with van der Waals surface area (Å²) in [5, 5.41) is 25.4. The maximum absolute atomic E-state index is 14.4. The molecule has 5 rings (SSSR count). The molecule has 2 aliphatic heterocycles. The molecule has 0 bridgehead atoms. The van der Waals surface area contributed by atoms with E-state index in [9.17, 15) is 14.6 Å². The van der Waals surface area contributed by atoms with E-state index < -0.39 is 18.0 Å². The van der Waals surface area contributed by atoms with Crippen LogP contribution in [0.5, 0.6) is 5.75 Å². The van der Waals surface area contributed by atoms with Crippen molar-refractivity contribution in [2.24, 2.45) is 0 Å². The second kappa shape index (κ2) is 10.6. The molecular weight excluding hydrogens is 487 g/mol. The summed E-state index contributed by atoms with van der Waals surface area (Å²) in [5.74, 6) is 2.66. The van der Waals surface area contributed by atoms with Crippen LogP contribution in [0, 0.1) is 0 Å². The number of rotatable bonds is 7. The molecule has 4 heterocycles. The summed E-state index contributed by atoms with van der Waals surface area (Å²) in [5.41, 5.74) is -0.143. The maximum Gasteiger partial charge on any atom is 0.227 e. The van der Waals surface area contributed by atoms with Gasteiger partial charge in [-0.3, -0.25) is 4.90 Å². The Morgan fingerprint density at radius 2 is 2.00 bits per heavy atom. The second-order valence-electron chi connectivity index (χ2n) is 11.0. The number of nitrogens with one attached hydrogen (secondary N) is 1. The Hall–Kier alpha value is -3.08. The van der Waals surface area contributed by atoms with Crippen molar-refractivity contribution in [2.75, 3.05) is 37.0 Å². The number of piperidine rings is 1. The number of fused-ring (bicyclic) bond motifs is 1. The summed E-state index contributed by atoms with van der Waals surface area (Å²) < 4.78 is 20.6. The van der Waals surface area contributed by atoms with Crippen molar-refractivity contribution in [2.45, 2.75) is 70.0 Å². The molecule has 0 radical (unpaired) electrons. The number of aliphatic hydroxyl groups excluding tert-OH is 1. The van der Waals surface area contributed by atoms with Gasteiger partial charge in [-0.25, -0.2) is 14.4 Å². The van der Waals surface area contributed by atoms with Crippen LogP contribution in [-0.2, 0) is 0 Å². The quantitative estimate of drug-likeness (QED) is 0.423. The first-order valence-electron chi connectivity index (χ1n) is 13.3. The number of hydrogen-bond donors (Lipinski definition) is 3. The number of nitrogens with zero attached hydrogens (tertiary/aromatic N) is 5. The van der Waals surface area contributed by atoms with Crippen molar-refractivity contribution < 1.29 is 19.3 Å². The number of hydrogen-bond acceptors (Lipinski definition) is 9. The smallest absolute Gasteiger partial charge is 0.227 e. The minimum Gasteiger partial charge on any atom is -0.491 e. The van der Waals surface area contributed by atoms with Gasteiger partial charge in [0, 0.05) is 30.4 Å².